The molecule has 2 heterocycles. The SMILES string of the molecule is Cc1nc2c(N)cc(C(=O)N(C)C)cn2c1C. The van der Waals surface area contributed by atoms with Crippen molar-refractivity contribution in [3.05, 3.63) is 29.2 Å². The Labute approximate surface area is 99.9 Å². The van der Waals surface area contributed by atoms with Crippen molar-refractivity contribution in [3.63, 3.8) is 0 Å². The van der Waals surface area contributed by atoms with E-state index in [0.29, 0.717) is 16.9 Å². The molecule has 0 aliphatic heterocycles. The summed E-state index contributed by atoms with van der Waals surface area (Å²) in [4.78, 5) is 17.8. The molecule has 5 heteroatoms. The number of nitrogen functional groups attached to an aromatic ring is 1. The lowest BCUT2D eigenvalue weighted by Crippen LogP contribution is -2.22. The molecule has 0 atom stereocenters. The van der Waals surface area contributed by atoms with E-state index in [4.69, 9.17) is 5.73 Å². The third-order valence-electron chi connectivity index (χ3n) is 2.88. The molecule has 0 aliphatic rings. The first kappa shape index (κ1) is 11.4. The van der Waals surface area contributed by atoms with Gasteiger partial charge in [-0.3, -0.25) is 4.79 Å². The Bertz CT molecular complexity index is 598. The number of nitrogens with zero attached hydrogens (tertiary/aromatic N) is 3. The third-order valence-corrected chi connectivity index (χ3v) is 2.88. The number of carbonyl (C=O) groups excluding carboxylic acids is 1. The zero-order chi connectivity index (χ0) is 12.7. The van der Waals surface area contributed by atoms with Gasteiger partial charge in [-0.05, 0) is 19.9 Å². The smallest absolute Gasteiger partial charge is 0.254 e. The number of imidazole rings is 1. The van der Waals surface area contributed by atoms with Gasteiger partial charge < -0.3 is 15.0 Å². The number of hydrogen-bond donors (Lipinski definition) is 1. The molecular formula is C12H16N4O. The molecule has 0 aromatic carbocycles. The average molecular weight is 232 g/mol. The molecule has 2 aromatic heterocycles. The average Bonchev–Trinajstić information content (AvgIpc) is 2.55. The lowest BCUT2D eigenvalue weighted by atomic mass is 10.2. The van der Waals surface area contributed by atoms with E-state index in [1.165, 1.54) is 4.90 Å². The first-order chi connectivity index (χ1) is 7.91. The maximum absolute atomic E-state index is 11.9. The van der Waals surface area contributed by atoms with Crippen LogP contribution in [-0.2, 0) is 0 Å². The second-order valence-corrected chi connectivity index (χ2v) is 4.36. The molecule has 2 aromatic rings. The predicted molar refractivity (Wildman–Crippen MR) is 67.1 cm³/mol. The Morgan fingerprint density at radius 1 is 1.41 bits per heavy atom. The van der Waals surface area contributed by atoms with E-state index >= 15 is 0 Å². The van der Waals surface area contributed by atoms with Gasteiger partial charge in [-0.15, -0.1) is 0 Å². The van der Waals surface area contributed by atoms with E-state index < -0.39 is 0 Å². The Hall–Kier alpha value is -2.04. The van der Waals surface area contributed by atoms with Crippen molar-refractivity contribution in [2.45, 2.75) is 13.8 Å². The van der Waals surface area contributed by atoms with E-state index in [9.17, 15) is 4.79 Å². The van der Waals surface area contributed by atoms with Crippen molar-refractivity contribution in [3.8, 4) is 0 Å². The van der Waals surface area contributed by atoms with Gasteiger partial charge in [0.2, 0.25) is 0 Å². The highest BCUT2D eigenvalue weighted by Gasteiger charge is 2.13. The molecule has 0 radical (unpaired) electrons. The van der Waals surface area contributed by atoms with Crippen LogP contribution in [-0.4, -0.2) is 34.3 Å². The molecule has 1 amide bonds. The van der Waals surface area contributed by atoms with Gasteiger partial charge in [0.15, 0.2) is 5.65 Å². The van der Waals surface area contributed by atoms with Gasteiger partial charge in [0.25, 0.3) is 5.91 Å². The van der Waals surface area contributed by atoms with E-state index in [0.717, 1.165) is 11.4 Å². The van der Waals surface area contributed by atoms with E-state index in [-0.39, 0.29) is 5.91 Å². The first-order valence-electron chi connectivity index (χ1n) is 5.38. The molecule has 0 spiro atoms. The van der Waals surface area contributed by atoms with Gasteiger partial charge in [-0.25, -0.2) is 4.98 Å². The highest BCUT2D eigenvalue weighted by molar-refractivity contribution is 5.95. The summed E-state index contributed by atoms with van der Waals surface area (Å²) in [7, 11) is 3.43. The van der Waals surface area contributed by atoms with Crippen LogP contribution >= 0.6 is 0 Å². The van der Waals surface area contributed by atoms with E-state index in [2.05, 4.69) is 4.98 Å². The molecule has 2 N–H and O–H groups in total. The number of aryl methyl sites for hydroxylation is 2. The Morgan fingerprint density at radius 3 is 2.65 bits per heavy atom. The van der Waals surface area contributed by atoms with Crippen LogP contribution in [0.1, 0.15) is 21.7 Å². The number of aromatic nitrogens is 2. The number of amides is 1. The quantitative estimate of drug-likeness (QED) is 0.804. The fraction of sp³-hybridized carbons (Fsp3) is 0.333. The van der Waals surface area contributed by atoms with Gasteiger partial charge in [0.05, 0.1) is 16.9 Å². The zero-order valence-electron chi connectivity index (χ0n) is 10.5. The van der Waals surface area contributed by atoms with Crippen LogP contribution in [0, 0.1) is 13.8 Å². The summed E-state index contributed by atoms with van der Waals surface area (Å²) in [6.45, 7) is 3.88. The topological polar surface area (TPSA) is 63.6 Å². The summed E-state index contributed by atoms with van der Waals surface area (Å²) < 4.78 is 1.86. The van der Waals surface area contributed by atoms with Crippen LogP contribution in [0.25, 0.3) is 5.65 Å². The van der Waals surface area contributed by atoms with Crippen LogP contribution in [0.15, 0.2) is 12.3 Å². The van der Waals surface area contributed by atoms with Crippen molar-refractivity contribution in [2.24, 2.45) is 0 Å². The van der Waals surface area contributed by atoms with Gasteiger partial charge in [-0.1, -0.05) is 0 Å². The molecule has 0 saturated carbocycles. The number of nitrogens with two attached hydrogens (primary N) is 1. The Balaban J connectivity index is 2.70. The maximum Gasteiger partial charge on any atom is 0.254 e. The van der Waals surface area contributed by atoms with Crippen molar-refractivity contribution >= 4 is 17.2 Å². The summed E-state index contributed by atoms with van der Waals surface area (Å²) in [6, 6.07) is 1.67. The van der Waals surface area contributed by atoms with Crippen LogP contribution in [0.3, 0.4) is 0 Å². The van der Waals surface area contributed by atoms with Crippen molar-refractivity contribution < 1.29 is 4.79 Å². The van der Waals surface area contributed by atoms with Gasteiger partial charge in [0, 0.05) is 26.0 Å². The van der Waals surface area contributed by atoms with E-state index in [1.807, 2.05) is 18.2 Å². The van der Waals surface area contributed by atoms with Crippen LogP contribution < -0.4 is 5.73 Å². The normalized spacial score (nSPS) is 10.8. The Kier molecular flexibility index (Phi) is 2.53. The monoisotopic (exact) mass is 232 g/mol. The van der Waals surface area contributed by atoms with Gasteiger partial charge in [-0.2, -0.15) is 0 Å². The predicted octanol–water partition coefficient (Wildman–Crippen LogP) is 1.24. The summed E-state index contributed by atoms with van der Waals surface area (Å²) in [6.07, 6.45) is 1.78. The van der Waals surface area contributed by atoms with Crippen LogP contribution in [0.5, 0.6) is 0 Å². The number of anilines is 1. The molecule has 0 unspecified atom stereocenters. The van der Waals surface area contributed by atoms with Gasteiger partial charge in [0.1, 0.15) is 0 Å². The second kappa shape index (κ2) is 3.76. The molecule has 0 saturated heterocycles. The largest absolute Gasteiger partial charge is 0.396 e. The third kappa shape index (κ3) is 1.73. The second-order valence-electron chi connectivity index (χ2n) is 4.36. The van der Waals surface area contributed by atoms with Crippen molar-refractivity contribution in [1.29, 1.82) is 0 Å². The molecule has 2 rings (SSSR count). The van der Waals surface area contributed by atoms with Crippen LogP contribution in [0.4, 0.5) is 5.69 Å². The van der Waals surface area contributed by atoms with Crippen molar-refractivity contribution in [2.75, 3.05) is 19.8 Å². The number of pyridine rings is 1. The highest BCUT2D eigenvalue weighted by Crippen LogP contribution is 2.19. The fourth-order valence-electron chi connectivity index (χ4n) is 1.77. The molecule has 90 valence electrons. The summed E-state index contributed by atoms with van der Waals surface area (Å²) in [5.74, 6) is -0.0654. The summed E-state index contributed by atoms with van der Waals surface area (Å²) in [5.41, 5.74) is 9.64. The minimum absolute atomic E-state index is 0.0654. The minimum atomic E-state index is -0.0654. The number of rotatable bonds is 1. The Morgan fingerprint density at radius 2 is 2.06 bits per heavy atom. The molecule has 17 heavy (non-hydrogen) atoms. The maximum atomic E-state index is 11.9. The first-order valence-corrected chi connectivity index (χ1v) is 5.38. The lowest BCUT2D eigenvalue weighted by Gasteiger charge is -2.11. The zero-order valence-corrected chi connectivity index (χ0v) is 10.5. The number of hydrogen-bond acceptors (Lipinski definition) is 3. The lowest BCUT2D eigenvalue weighted by molar-refractivity contribution is 0.0827. The van der Waals surface area contributed by atoms with Crippen LogP contribution in [0.2, 0.25) is 0 Å². The molecule has 0 aliphatic carbocycles. The molecule has 0 fully saturated rings. The summed E-state index contributed by atoms with van der Waals surface area (Å²) in [5, 5.41) is 0. The molecule has 5 nitrogen and oxygen atoms in total. The van der Waals surface area contributed by atoms with E-state index in [1.54, 1.807) is 26.4 Å². The fourth-order valence-corrected chi connectivity index (χ4v) is 1.77. The summed E-state index contributed by atoms with van der Waals surface area (Å²) >= 11 is 0. The molecule has 0 bridgehead atoms. The standard InChI is InChI=1S/C12H16N4O/c1-7-8(2)16-6-9(12(17)15(3)4)5-10(13)11(16)14-7/h5-6H,13H2,1-4H3. The van der Waals surface area contributed by atoms with Crippen molar-refractivity contribution in [1.82, 2.24) is 14.3 Å². The highest BCUT2D eigenvalue weighted by atomic mass is 16.2. The number of carbonyl (C=O) groups is 1. The number of fused-ring (bicyclic) bond motifs is 1. The molecular weight excluding hydrogens is 216 g/mol. The minimum Gasteiger partial charge on any atom is -0.396 e. The van der Waals surface area contributed by atoms with Gasteiger partial charge >= 0.3 is 0 Å².